The van der Waals surface area contributed by atoms with Gasteiger partial charge < -0.3 is 19.9 Å². The van der Waals surface area contributed by atoms with Crippen LogP contribution in [0.5, 0.6) is 5.75 Å². The molecule has 1 aliphatic heterocycles. The van der Waals surface area contributed by atoms with Crippen LogP contribution in [-0.2, 0) is 19.5 Å². The lowest BCUT2D eigenvalue weighted by atomic mass is 10.1. The Morgan fingerprint density at radius 3 is 2.88 bits per heavy atom. The Kier molecular flexibility index (Phi) is 7.67. The van der Waals surface area contributed by atoms with Crippen molar-refractivity contribution in [1.82, 2.24) is 25.4 Å². The van der Waals surface area contributed by atoms with Gasteiger partial charge in [-0.25, -0.2) is 0 Å². The Bertz CT molecular complexity index is 745. The highest BCUT2D eigenvalue weighted by atomic mass is 127. The van der Waals surface area contributed by atoms with Gasteiger partial charge in [0.15, 0.2) is 11.8 Å². The van der Waals surface area contributed by atoms with Gasteiger partial charge in [0.05, 0.1) is 19.7 Å². The zero-order valence-electron chi connectivity index (χ0n) is 15.5. The van der Waals surface area contributed by atoms with Crippen LogP contribution in [0.3, 0.4) is 0 Å². The number of methoxy groups -OCH3 is 1. The highest BCUT2D eigenvalue weighted by molar-refractivity contribution is 14.0. The molecule has 1 aromatic heterocycles. The van der Waals surface area contributed by atoms with Gasteiger partial charge in [-0.1, -0.05) is 18.2 Å². The molecule has 0 spiro atoms. The van der Waals surface area contributed by atoms with Crippen LogP contribution in [-0.4, -0.2) is 34.9 Å². The smallest absolute Gasteiger partial charge is 0.191 e. The minimum Gasteiger partial charge on any atom is -0.496 e. The number of para-hydroxylation sites is 1. The Labute approximate surface area is 171 Å². The van der Waals surface area contributed by atoms with Crippen LogP contribution >= 0.6 is 24.0 Å². The first-order chi connectivity index (χ1) is 12.2. The van der Waals surface area contributed by atoms with E-state index in [1.165, 1.54) is 12.8 Å². The van der Waals surface area contributed by atoms with E-state index in [2.05, 4.69) is 43.4 Å². The Morgan fingerprint density at radius 2 is 2.12 bits per heavy atom. The van der Waals surface area contributed by atoms with Gasteiger partial charge in [-0.15, -0.1) is 34.2 Å². The summed E-state index contributed by atoms with van der Waals surface area (Å²) in [5.74, 6) is 3.65. The van der Waals surface area contributed by atoms with E-state index in [0.717, 1.165) is 41.9 Å². The molecule has 2 N–H and O–H groups in total. The lowest BCUT2D eigenvalue weighted by Crippen LogP contribution is -2.39. The van der Waals surface area contributed by atoms with Crippen LogP contribution in [0.2, 0.25) is 0 Å². The number of guanidine groups is 1. The van der Waals surface area contributed by atoms with E-state index < -0.39 is 0 Å². The van der Waals surface area contributed by atoms with Crippen molar-refractivity contribution in [2.24, 2.45) is 4.99 Å². The van der Waals surface area contributed by atoms with Crippen molar-refractivity contribution in [1.29, 1.82) is 0 Å². The first kappa shape index (κ1) is 20.5. The number of fused-ring (bicyclic) bond motifs is 1. The normalized spacial score (nSPS) is 14.8. The molecule has 0 amide bonds. The summed E-state index contributed by atoms with van der Waals surface area (Å²) in [6.45, 7) is 3.69. The van der Waals surface area contributed by atoms with Gasteiger partial charge in [0.25, 0.3) is 0 Å². The van der Waals surface area contributed by atoms with Crippen LogP contribution in [0.1, 0.15) is 43.0 Å². The van der Waals surface area contributed by atoms with E-state index in [4.69, 9.17) is 4.74 Å². The highest BCUT2D eigenvalue weighted by Gasteiger charge is 2.16. The molecule has 0 saturated heterocycles. The predicted octanol–water partition coefficient (Wildman–Crippen LogP) is 2.67. The second-order valence-corrected chi connectivity index (χ2v) is 6.17. The minimum absolute atomic E-state index is 0. The van der Waals surface area contributed by atoms with Crippen molar-refractivity contribution in [3.63, 3.8) is 0 Å². The first-order valence-electron chi connectivity index (χ1n) is 8.74. The molecule has 1 aromatic carbocycles. The average Bonchev–Trinajstić information content (AvgIpc) is 3.08. The number of benzene rings is 1. The SMILES string of the molecule is CN=C(NCc1nnc2n1CCCC2)NC(C)c1ccccc1OC.I. The van der Waals surface area contributed by atoms with Gasteiger partial charge >= 0.3 is 0 Å². The number of ether oxygens (including phenoxy) is 1. The summed E-state index contributed by atoms with van der Waals surface area (Å²) in [6, 6.07) is 8.06. The van der Waals surface area contributed by atoms with Gasteiger partial charge in [0.1, 0.15) is 11.6 Å². The zero-order chi connectivity index (χ0) is 17.6. The molecule has 0 saturated carbocycles. The number of rotatable bonds is 5. The van der Waals surface area contributed by atoms with Crippen LogP contribution in [0.25, 0.3) is 0 Å². The Morgan fingerprint density at radius 1 is 1.31 bits per heavy atom. The van der Waals surface area contributed by atoms with E-state index in [0.29, 0.717) is 6.54 Å². The fraction of sp³-hybridized carbons (Fsp3) is 0.500. The summed E-state index contributed by atoms with van der Waals surface area (Å²) in [4.78, 5) is 4.32. The number of hydrogen-bond acceptors (Lipinski definition) is 4. The number of aryl methyl sites for hydroxylation is 1. The van der Waals surface area contributed by atoms with E-state index in [9.17, 15) is 0 Å². The van der Waals surface area contributed by atoms with Crippen molar-refractivity contribution < 1.29 is 4.74 Å². The Balaban J connectivity index is 0.00000243. The van der Waals surface area contributed by atoms with Crippen molar-refractivity contribution in [3.8, 4) is 5.75 Å². The third-order valence-corrected chi connectivity index (χ3v) is 4.53. The molecule has 8 heteroatoms. The molecule has 0 radical (unpaired) electrons. The largest absolute Gasteiger partial charge is 0.496 e. The number of nitrogens with one attached hydrogen (secondary N) is 2. The molecule has 3 rings (SSSR count). The van der Waals surface area contributed by atoms with Crippen molar-refractivity contribution in [3.05, 3.63) is 41.5 Å². The topological polar surface area (TPSA) is 76.4 Å². The molecule has 7 nitrogen and oxygen atoms in total. The van der Waals surface area contributed by atoms with E-state index in [-0.39, 0.29) is 30.0 Å². The average molecular weight is 470 g/mol. The maximum atomic E-state index is 5.44. The highest BCUT2D eigenvalue weighted by Crippen LogP contribution is 2.24. The van der Waals surface area contributed by atoms with Crippen molar-refractivity contribution in [2.45, 2.75) is 45.3 Å². The van der Waals surface area contributed by atoms with E-state index >= 15 is 0 Å². The first-order valence-corrected chi connectivity index (χ1v) is 8.74. The molecule has 1 aliphatic rings. The predicted molar refractivity (Wildman–Crippen MR) is 113 cm³/mol. The zero-order valence-corrected chi connectivity index (χ0v) is 17.9. The lowest BCUT2D eigenvalue weighted by molar-refractivity contribution is 0.405. The maximum Gasteiger partial charge on any atom is 0.191 e. The molecule has 0 fully saturated rings. The second-order valence-electron chi connectivity index (χ2n) is 6.17. The molecule has 2 aromatic rings. The summed E-state index contributed by atoms with van der Waals surface area (Å²) in [6.07, 6.45) is 3.41. The maximum absolute atomic E-state index is 5.44. The molecule has 2 heterocycles. The molecule has 0 aliphatic carbocycles. The molecule has 1 unspecified atom stereocenters. The van der Waals surface area contributed by atoms with Gasteiger partial charge in [0.2, 0.25) is 0 Å². The van der Waals surface area contributed by atoms with Crippen LogP contribution in [0, 0.1) is 0 Å². The van der Waals surface area contributed by atoms with Gasteiger partial charge in [0, 0.05) is 25.6 Å². The lowest BCUT2D eigenvalue weighted by Gasteiger charge is -2.20. The number of aliphatic imine (C=N–C) groups is 1. The second kappa shape index (κ2) is 9.75. The van der Waals surface area contributed by atoms with Gasteiger partial charge in [-0.2, -0.15) is 0 Å². The summed E-state index contributed by atoms with van der Waals surface area (Å²) >= 11 is 0. The van der Waals surface area contributed by atoms with Gasteiger partial charge in [-0.3, -0.25) is 4.99 Å². The quantitative estimate of drug-likeness (QED) is 0.399. The van der Waals surface area contributed by atoms with E-state index in [1.807, 2.05) is 18.2 Å². The molecule has 26 heavy (non-hydrogen) atoms. The summed E-state index contributed by atoms with van der Waals surface area (Å²) in [5.41, 5.74) is 1.09. The van der Waals surface area contributed by atoms with Crippen molar-refractivity contribution in [2.75, 3.05) is 14.2 Å². The Hall–Kier alpha value is -1.84. The number of aromatic nitrogens is 3. The van der Waals surface area contributed by atoms with Crippen LogP contribution in [0.4, 0.5) is 0 Å². The summed E-state index contributed by atoms with van der Waals surface area (Å²) < 4.78 is 7.66. The fourth-order valence-electron chi connectivity index (χ4n) is 3.16. The summed E-state index contributed by atoms with van der Waals surface area (Å²) in [5, 5.41) is 15.3. The number of nitrogens with zero attached hydrogens (tertiary/aromatic N) is 4. The van der Waals surface area contributed by atoms with Gasteiger partial charge in [-0.05, 0) is 25.8 Å². The standard InChI is InChI=1S/C18H26N6O.HI/c1-13(14-8-4-5-9-15(14)25-3)21-18(19-2)20-12-17-23-22-16-10-6-7-11-24(16)17;/h4-5,8-9,13H,6-7,10-12H2,1-3H3,(H2,19,20,21);1H. The van der Waals surface area contributed by atoms with Crippen LogP contribution < -0.4 is 15.4 Å². The fourth-order valence-corrected chi connectivity index (χ4v) is 3.16. The minimum atomic E-state index is 0. The third-order valence-electron chi connectivity index (χ3n) is 4.53. The molecule has 142 valence electrons. The molecular weight excluding hydrogens is 443 g/mol. The van der Waals surface area contributed by atoms with Crippen LogP contribution in [0.15, 0.2) is 29.3 Å². The number of hydrogen-bond donors (Lipinski definition) is 2. The monoisotopic (exact) mass is 470 g/mol. The molecule has 1 atom stereocenters. The number of halogens is 1. The van der Waals surface area contributed by atoms with E-state index in [1.54, 1.807) is 14.2 Å². The molecule has 0 bridgehead atoms. The molecular formula is C18H27IN6O. The third kappa shape index (κ3) is 4.66. The summed E-state index contributed by atoms with van der Waals surface area (Å²) in [7, 11) is 3.45. The van der Waals surface area contributed by atoms with Crippen molar-refractivity contribution >= 4 is 29.9 Å².